The van der Waals surface area contributed by atoms with Crippen LogP contribution in [0.25, 0.3) is 0 Å². The number of carbonyl (C=O) groups excluding carboxylic acids is 1. The van der Waals surface area contributed by atoms with Gasteiger partial charge in [0.05, 0.1) is 11.3 Å². The molecule has 19 heavy (non-hydrogen) atoms. The van der Waals surface area contributed by atoms with Crippen molar-refractivity contribution in [2.45, 2.75) is 6.92 Å². The number of amides is 1. The third-order valence-corrected chi connectivity index (χ3v) is 3.33. The molecule has 0 saturated heterocycles. The van der Waals surface area contributed by atoms with Gasteiger partial charge in [-0.25, -0.2) is 4.98 Å². The SMILES string of the molecule is Cc1nc(NC(=O)c2ccc(O)cc2O)ccc1Br. The molecular weight excluding hydrogens is 312 g/mol. The molecule has 2 rings (SSSR count). The minimum absolute atomic E-state index is 0.0696. The lowest BCUT2D eigenvalue weighted by Crippen LogP contribution is -2.13. The van der Waals surface area contributed by atoms with E-state index in [2.05, 4.69) is 26.2 Å². The minimum atomic E-state index is -0.494. The zero-order valence-corrected chi connectivity index (χ0v) is 11.6. The zero-order chi connectivity index (χ0) is 14.0. The second-order valence-corrected chi connectivity index (χ2v) is 4.77. The number of aromatic hydroxyl groups is 2. The normalized spacial score (nSPS) is 10.2. The molecule has 2 aromatic rings. The van der Waals surface area contributed by atoms with Crippen LogP contribution in [-0.4, -0.2) is 21.1 Å². The number of anilines is 1. The Morgan fingerprint density at radius 2 is 2.00 bits per heavy atom. The van der Waals surface area contributed by atoms with Gasteiger partial charge in [0.2, 0.25) is 0 Å². The average Bonchev–Trinajstić information content (AvgIpc) is 2.33. The third-order valence-electron chi connectivity index (χ3n) is 2.49. The van der Waals surface area contributed by atoms with Crippen LogP contribution in [0.1, 0.15) is 16.1 Å². The number of hydrogen-bond acceptors (Lipinski definition) is 4. The van der Waals surface area contributed by atoms with Crippen LogP contribution in [0, 0.1) is 6.92 Å². The number of halogens is 1. The third kappa shape index (κ3) is 3.03. The van der Waals surface area contributed by atoms with Crippen LogP contribution >= 0.6 is 15.9 Å². The fourth-order valence-electron chi connectivity index (χ4n) is 1.51. The van der Waals surface area contributed by atoms with Gasteiger partial charge in [0.25, 0.3) is 5.91 Å². The number of phenolic OH excluding ortho intramolecular Hbond substituents is 2. The first-order chi connectivity index (χ1) is 8.97. The lowest BCUT2D eigenvalue weighted by molar-refractivity contribution is 0.102. The number of pyridine rings is 1. The number of carbonyl (C=O) groups is 1. The number of hydrogen-bond donors (Lipinski definition) is 3. The zero-order valence-electron chi connectivity index (χ0n) is 10.0. The molecule has 0 aliphatic rings. The van der Waals surface area contributed by atoms with E-state index in [1.165, 1.54) is 12.1 Å². The van der Waals surface area contributed by atoms with Crippen molar-refractivity contribution in [3.63, 3.8) is 0 Å². The molecule has 98 valence electrons. The van der Waals surface area contributed by atoms with E-state index in [4.69, 9.17) is 5.11 Å². The van der Waals surface area contributed by atoms with Gasteiger partial charge < -0.3 is 15.5 Å². The number of aryl methyl sites for hydroxylation is 1. The quantitative estimate of drug-likeness (QED) is 0.794. The first-order valence-electron chi connectivity index (χ1n) is 5.44. The smallest absolute Gasteiger partial charge is 0.260 e. The Morgan fingerprint density at radius 3 is 2.63 bits per heavy atom. The summed E-state index contributed by atoms with van der Waals surface area (Å²) in [4.78, 5) is 16.1. The van der Waals surface area contributed by atoms with Crippen LogP contribution in [0.15, 0.2) is 34.8 Å². The Bertz CT molecular complexity index is 644. The summed E-state index contributed by atoms with van der Waals surface area (Å²) in [6.45, 7) is 1.80. The fourth-order valence-corrected chi connectivity index (χ4v) is 1.73. The number of benzene rings is 1. The molecule has 0 radical (unpaired) electrons. The Morgan fingerprint density at radius 1 is 1.26 bits per heavy atom. The van der Waals surface area contributed by atoms with Gasteiger partial charge in [-0.3, -0.25) is 4.79 Å². The van der Waals surface area contributed by atoms with Gasteiger partial charge in [-0.05, 0) is 47.1 Å². The summed E-state index contributed by atoms with van der Waals surface area (Å²) in [5.41, 5.74) is 0.813. The molecule has 0 unspecified atom stereocenters. The summed E-state index contributed by atoms with van der Waals surface area (Å²) in [5.74, 6) is -0.497. The summed E-state index contributed by atoms with van der Waals surface area (Å²) >= 11 is 3.32. The highest BCUT2D eigenvalue weighted by Crippen LogP contribution is 2.23. The molecule has 1 amide bonds. The van der Waals surface area contributed by atoms with Crippen LogP contribution in [-0.2, 0) is 0 Å². The highest BCUT2D eigenvalue weighted by Gasteiger charge is 2.12. The highest BCUT2D eigenvalue weighted by molar-refractivity contribution is 9.10. The summed E-state index contributed by atoms with van der Waals surface area (Å²) < 4.78 is 0.845. The first-order valence-corrected chi connectivity index (χ1v) is 6.23. The van der Waals surface area contributed by atoms with Gasteiger partial charge in [0, 0.05) is 10.5 Å². The Balaban J connectivity index is 2.23. The minimum Gasteiger partial charge on any atom is -0.508 e. The van der Waals surface area contributed by atoms with E-state index in [0.29, 0.717) is 5.82 Å². The fraction of sp³-hybridized carbons (Fsp3) is 0.0769. The van der Waals surface area contributed by atoms with Gasteiger partial charge in [0.15, 0.2) is 0 Å². The number of rotatable bonds is 2. The Hall–Kier alpha value is -2.08. The largest absolute Gasteiger partial charge is 0.508 e. The van der Waals surface area contributed by atoms with E-state index in [0.717, 1.165) is 16.2 Å². The summed E-state index contributed by atoms with van der Waals surface area (Å²) in [6.07, 6.45) is 0. The molecule has 5 nitrogen and oxygen atoms in total. The van der Waals surface area contributed by atoms with Crippen LogP contribution < -0.4 is 5.32 Å². The summed E-state index contributed by atoms with van der Waals surface area (Å²) in [7, 11) is 0. The van der Waals surface area contributed by atoms with E-state index in [1.807, 2.05) is 0 Å². The number of phenols is 2. The highest BCUT2D eigenvalue weighted by atomic mass is 79.9. The Kier molecular flexibility index (Phi) is 3.71. The maximum atomic E-state index is 11.9. The van der Waals surface area contributed by atoms with Crippen LogP contribution in [0.2, 0.25) is 0 Å². The molecule has 0 spiro atoms. The molecule has 0 saturated carbocycles. The van der Waals surface area contributed by atoms with Gasteiger partial charge in [-0.1, -0.05) is 0 Å². The van der Waals surface area contributed by atoms with Crippen molar-refractivity contribution in [2.75, 3.05) is 5.32 Å². The van der Waals surface area contributed by atoms with E-state index < -0.39 is 5.91 Å². The lowest BCUT2D eigenvalue weighted by atomic mass is 10.2. The van der Waals surface area contributed by atoms with Crippen molar-refractivity contribution < 1.29 is 15.0 Å². The van der Waals surface area contributed by atoms with Crippen LogP contribution in [0.4, 0.5) is 5.82 Å². The van der Waals surface area contributed by atoms with Crippen LogP contribution in [0.5, 0.6) is 11.5 Å². The van der Waals surface area contributed by atoms with Crippen molar-refractivity contribution in [2.24, 2.45) is 0 Å². The van der Waals surface area contributed by atoms with E-state index in [1.54, 1.807) is 19.1 Å². The van der Waals surface area contributed by atoms with Crippen molar-refractivity contribution in [1.29, 1.82) is 0 Å². The molecule has 1 aromatic carbocycles. The molecule has 0 aliphatic heterocycles. The van der Waals surface area contributed by atoms with E-state index in [9.17, 15) is 9.90 Å². The molecular formula is C13H11BrN2O3. The van der Waals surface area contributed by atoms with Gasteiger partial charge in [-0.2, -0.15) is 0 Å². The maximum absolute atomic E-state index is 11.9. The number of nitrogens with one attached hydrogen (secondary N) is 1. The van der Waals surface area contributed by atoms with E-state index >= 15 is 0 Å². The van der Waals surface area contributed by atoms with Gasteiger partial charge in [-0.15, -0.1) is 0 Å². The van der Waals surface area contributed by atoms with Gasteiger partial charge >= 0.3 is 0 Å². The van der Waals surface area contributed by atoms with Crippen molar-refractivity contribution in [1.82, 2.24) is 4.98 Å². The molecule has 1 aromatic heterocycles. The predicted molar refractivity (Wildman–Crippen MR) is 74.4 cm³/mol. The number of aromatic nitrogens is 1. The number of nitrogens with zero attached hydrogens (tertiary/aromatic N) is 1. The Labute approximate surface area is 118 Å². The topological polar surface area (TPSA) is 82.5 Å². The molecule has 6 heteroatoms. The second-order valence-electron chi connectivity index (χ2n) is 3.92. The maximum Gasteiger partial charge on any atom is 0.260 e. The second kappa shape index (κ2) is 5.27. The standard InChI is InChI=1S/C13H11BrN2O3/c1-7-10(14)4-5-12(15-7)16-13(19)9-3-2-8(17)6-11(9)18/h2-6,17-18H,1H3,(H,15,16,19). The molecule has 1 heterocycles. The summed E-state index contributed by atoms with van der Waals surface area (Å²) in [6, 6.07) is 7.19. The molecule has 0 fully saturated rings. The first kappa shape index (κ1) is 13.4. The average molecular weight is 323 g/mol. The molecule has 0 atom stereocenters. The van der Waals surface area contributed by atoms with Gasteiger partial charge in [0.1, 0.15) is 17.3 Å². The predicted octanol–water partition coefficient (Wildman–Crippen LogP) is 2.82. The van der Waals surface area contributed by atoms with Crippen molar-refractivity contribution in [3.8, 4) is 11.5 Å². The lowest BCUT2D eigenvalue weighted by Gasteiger charge is -2.07. The molecule has 0 bridgehead atoms. The molecule has 3 N–H and O–H groups in total. The molecule has 0 aliphatic carbocycles. The van der Waals surface area contributed by atoms with Crippen molar-refractivity contribution >= 4 is 27.7 Å². The monoisotopic (exact) mass is 322 g/mol. The van der Waals surface area contributed by atoms with Crippen LogP contribution in [0.3, 0.4) is 0 Å². The van der Waals surface area contributed by atoms with Crippen molar-refractivity contribution in [3.05, 3.63) is 46.1 Å². The van der Waals surface area contributed by atoms with E-state index in [-0.39, 0.29) is 17.1 Å². The summed E-state index contributed by atoms with van der Waals surface area (Å²) in [5, 5.41) is 21.3.